The molecule has 2 aromatic rings. The molecule has 2 amide bonds. The summed E-state index contributed by atoms with van der Waals surface area (Å²) in [5.41, 5.74) is 0.0588. The summed E-state index contributed by atoms with van der Waals surface area (Å²) in [5.74, 6) is -2.11. The number of phenolic OH excluding ortho intramolecular Hbond substituents is 1. The summed E-state index contributed by atoms with van der Waals surface area (Å²) < 4.78 is 13.3. The standard InChI is InChI=1S/C18H17FN2O3/c19-14-10-13(6-7-15(14)22)21-17(24)18(8-9-18)16(23)20-11-12-4-2-1-3-5-12/h1-7,10,22H,8-9,11H2,(H,20,23)(H,21,24). The van der Waals surface area contributed by atoms with Crippen LogP contribution >= 0.6 is 0 Å². The summed E-state index contributed by atoms with van der Waals surface area (Å²) in [6.07, 6.45) is 0.917. The van der Waals surface area contributed by atoms with Gasteiger partial charge in [-0.15, -0.1) is 0 Å². The first kappa shape index (κ1) is 16.0. The Hall–Kier alpha value is -2.89. The predicted octanol–water partition coefficient (Wildman–Crippen LogP) is 2.57. The van der Waals surface area contributed by atoms with E-state index in [4.69, 9.17) is 5.11 Å². The van der Waals surface area contributed by atoms with Crippen LogP contribution in [0.4, 0.5) is 10.1 Å². The monoisotopic (exact) mass is 328 g/mol. The molecule has 0 atom stereocenters. The first-order valence-corrected chi connectivity index (χ1v) is 7.63. The average molecular weight is 328 g/mol. The Labute approximate surface area is 138 Å². The number of hydrogen-bond acceptors (Lipinski definition) is 3. The van der Waals surface area contributed by atoms with Crippen LogP contribution in [0.3, 0.4) is 0 Å². The van der Waals surface area contributed by atoms with Crippen LogP contribution in [0.15, 0.2) is 48.5 Å². The van der Waals surface area contributed by atoms with Gasteiger partial charge in [-0.3, -0.25) is 9.59 Å². The molecule has 0 radical (unpaired) electrons. The topological polar surface area (TPSA) is 78.4 Å². The zero-order chi connectivity index (χ0) is 17.2. The third kappa shape index (κ3) is 3.22. The maximum atomic E-state index is 13.3. The highest BCUT2D eigenvalue weighted by atomic mass is 19.1. The molecule has 0 heterocycles. The normalized spacial score (nSPS) is 14.7. The quantitative estimate of drug-likeness (QED) is 0.583. The molecule has 6 heteroatoms. The molecule has 0 aromatic heterocycles. The van der Waals surface area contributed by atoms with Gasteiger partial charge in [0.05, 0.1) is 0 Å². The van der Waals surface area contributed by atoms with E-state index in [1.807, 2.05) is 30.3 Å². The molecule has 1 aliphatic rings. The van der Waals surface area contributed by atoms with Crippen molar-refractivity contribution >= 4 is 17.5 Å². The van der Waals surface area contributed by atoms with Gasteiger partial charge >= 0.3 is 0 Å². The molecule has 0 unspecified atom stereocenters. The molecular weight excluding hydrogens is 311 g/mol. The number of halogens is 1. The zero-order valence-corrected chi connectivity index (χ0v) is 12.9. The summed E-state index contributed by atoms with van der Waals surface area (Å²) in [7, 11) is 0. The van der Waals surface area contributed by atoms with Crippen molar-refractivity contribution in [1.82, 2.24) is 5.32 Å². The fourth-order valence-electron chi connectivity index (χ4n) is 2.47. The minimum absolute atomic E-state index is 0.206. The molecule has 5 nitrogen and oxygen atoms in total. The Balaban J connectivity index is 1.63. The van der Waals surface area contributed by atoms with Crippen molar-refractivity contribution < 1.29 is 19.1 Å². The number of rotatable bonds is 5. The molecule has 24 heavy (non-hydrogen) atoms. The SMILES string of the molecule is O=C(NCc1ccccc1)C1(C(=O)Nc2ccc(O)c(F)c2)CC1. The average Bonchev–Trinajstić information content (AvgIpc) is 3.39. The number of carbonyl (C=O) groups is 2. The van der Waals surface area contributed by atoms with Crippen molar-refractivity contribution in [2.24, 2.45) is 5.41 Å². The van der Waals surface area contributed by atoms with Gasteiger partial charge in [0.25, 0.3) is 0 Å². The number of amides is 2. The van der Waals surface area contributed by atoms with Crippen molar-refractivity contribution in [3.63, 3.8) is 0 Å². The van der Waals surface area contributed by atoms with Crippen LogP contribution in [0.25, 0.3) is 0 Å². The highest BCUT2D eigenvalue weighted by Gasteiger charge is 2.56. The Bertz CT molecular complexity index is 773. The Morgan fingerprint density at radius 1 is 1.08 bits per heavy atom. The highest BCUT2D eigenvalue weighted by Crippen LogP contribution is 2.47. The lowest BCUT2D eigenvalue weighted by molar-refractivity contribution is -0.134. The molecule has 1 saturated carbocycles. The Morgan fingerprint density at radius 3 is 2.42 bits per heavy atom. The first-order valence-electron chi connectivity index (χ1n) is 7.63. The lowest BCUT2D eigenvalue weighted by Gasteiger charge is -2.15. The van der Waals surface area contributed by atoms with E-state index >= 15 is 0 Å². The molecule has 124 valence electrons. The van der Waals surface area contributed by atoms with E-state index in [-0.39, 0.29) is 11.6 Å². The van der Waals surface area contributed by atoms with Gasteiger partial charge in [-0.25, -0.2) is 4.39 Å². The van der Waals surface area contributed by atoms with E-state index in [0.717, 1.165) is 17.7 Å². The number of phenols is 1. The van der Waals surface area contributed by atoms with Gasteiger partial charge in [-0.1, -0.05) is 30.3 Å². The van der Waals surface area contributed by atoms with Gasteiger partial charge in [0.15, 0.2) is 11.6 Å². The van der Waals surface area contributed by atoms with Crippen LogP contribution in [0.5, 0.6) is 5.75 Å². The van der Waals surface area contributed by atoms with Gasteiger partial charge in [0, 0.05) is 18.3 Å². The molecular formula is C18H17FN2O3. The predicted molar refractivity (Wildman–Crippen MR) is 86.7 cm³/mol. The number of nitrogens with one attached hydrogen (secondary N) is 2. The van der Waals surface area contributed by atoms with Crippen molar-refractivity contribution in [1.29, 1.82) is 0 Å². The van der Waals surface area contributed by atoms with Crippen LogP contribution < -0.4 is 10.6 Å². The van der Waals surface area contributed by atoms with Crippen LogP contribution in [-0.2, 0) is 16.1 Å². The van der Waals surface area contributed by atoms with E-state index in [1.54, 1.807) is 0 Å². The van der Waals surface area contributed by atoms with Gasteiger partial charge in [0.2, 0.25) is 11.8 Å². The minimum Gasteiger partial charge on any atom is -0.505 e. The Kier molecular flexibility index (Phi) is 4.20. The smallest absolute Gasteiger partial charge is 0.240 e. The zero-order valence-electron chi connectivity index (χ0n) is 12.9. The summed E-state index contributed by atoms with van der Waals surface area (Å²) in [6, 6.07) is 13.0. The molecule has 1 fully saturated rings. The van der Waals surface area contributed by atoms with Gasteiger partial charge in [0.1, 0.15) is 5.41 Å². The number of benzene rings is 2. The number of aromatic hydroxyl groups is 1. The maximum absolute atomic E-state index is 13.3. The van der Waals surface area contributed by atoms with Gasteiger partial charge in [-0.05, 0) is 30.5 Å². The van der Waals surface area contributed by atoms with Gasteiger partial charge in [-0.2, -0.15) is 0 Å². The van der Waals surface area contributed by atoms with E-state index in [9.17, 15) is 14.0 Å². The van der Waals surface area contributed by atoms with Crippen molar-refractivity contribution in [3.05, 3.63) is 59.9 Å². The molecule has 0 aliphatic heterocycles. The van der Waals surface area contributed by atoms with Crippen molar-refractivity contribution in [2.75, 3.05) is 5.32 Å². The molecule has 2 aromatic carbocycles. The summed E-state index contributed by atoms with van der Waals surface area (Å²) in [4.78, 5) is 24.8. The molecule has 1 aliphatic carbocycles. The first-order chi connectivity index (χ1) is 11.5. The fraction of sp³-hybridized carbons (Fsp3) is 0.222. The van der Waals surface area contributed by atoms with Crippen molar-refractivity contribution in [3.8, 4) is 5.75 Å². The molecule has 0 saturated heterocycles. The summed E-state index contributed by atoms with van der Waals surface area (Å²) in [6.45, 7) is 0.350. The molecule has 3 N–H and O–H groups in total. The van der Waals surface area contributed by atoms with E-state index < -0.39 is 22.9 Å². The van der Waals surface area contributed by atoms with E-state index in [0.29, 0.717) is 19.4 Å². The second-order valence-electron chi connectivity index (χ2n) is 5.87. The third-order valence-electron chi connectivity index (χ3n) is 4.12. The second-order valence-corrected chi connectivity index (χ2v) is 5.87. The van der Waals surface area contributed by atoms with Crippen LogP contribution in [0.1, 0.15) is 18.4 Å². The van der Waals surface area contributed by atoms with E-state index in [2.05, 4.69) is 10.6 Å². The maximum Gasteiger partial charge on any atom is 0.240 e. The summed E-state index contributed by atoms with van der Waals surface area (Å²) >= 11 is 0. The molecule has 0 bridgehead atoms. The van der Waals surface area contributed by atoms with Crippen LogP contribution in [0.2, 0.25) is 0 Å². The van der Waals surface area contributed by atoms with Gasteiger partial charge < -0.3 is 15.7 Å². The second kappa shape index (κ2) is 6.31. The van der Waals surface area contributed by atoms with E-state index in [1.165, 1.54) is 6.07 Å². The number of anilines is 1. The van der Waals surface area contributed by atoms with Crippen molar-refractivity contribution in [2.45, 2.75) is 19.4 Å². The number of carbonyl (C=O) groups excluding carboxylic acids is 2. The third-order valence-corrected chi connectivity index (χ3v) is 4.12. The Morgan fingerprint density at radius 2 is 1.79 bits per heavy atom. The van der Waals surface area contributed by atoms with Crippen LogP contribution in [-0.4, -0.2) is 16.9 Å². The fourth-order valence-corrected chi connectivity index (χ4v) is 2.47. The molecule has 0 spiro atoms. The lowest BCUT2D eigenvalue weighted by atomic mass is 10.0. The summed E-state index contributed by atoms with van der Waals surface area (Å²) in [5, 5.41) is 14.5. The number of hydrogen-bond donors (Lipinski definition) is 3. The minimum atomic E-state index is -1.09. The largest absolute Gasteiger partial charge is 0.505 e. The van der Waals surface area contributed by atoms with Crippen LogP contribution in [0, 0.1) is 11.2 Å². The highest BCUT2D eigenvalue weighted by molar-refractivity contribution is 6.13. The molecule has 3 rings (SSSR count). The lowest BCUT2D eigenvalue weighted by Crippen LogP contribution is -2.39.